The topological polar surface area (TPSA) is 25.2 Å². The molecule has 2 aromatic rings. The van der Waals surface area contributed by atoms with E-state index < -0.39 is 11.7 Å². The molecule has 0 bridgehead atoms. The number of pyridine rings is 1. The second-order valence-electron chi connectivity index (χ2n) is 3.56. The van der Waals surface area contributed by atoms with E-state index in [1.54, 1.807) is 24.4 Å². The van der Waals surface area contributed by atoms with Crippen molar-refractivity contribution >= 4 is 11.9 Å². The standard InChI is InChI=1S/C13H9F3N2.2CH3.Pd/c14-13(15,16)10-4-6-11(7-5-10)18-9-12-3-1-2-8-17-12;;;/h1-9H;2*1H3;/q;2*-1;+2. The smallest absolute Gasteiger partial charge is 0.358 e. The quantitative estimate of drug-likeness (QED) is 0.415. The first kappa shape index (κ1) is 21.8. The average Bonchev–Trinajstić information content (AvgIpc) is 2.37. The first-order chi connectivity index (χ1) is 8.55. The Morgan fingerprint density at radius 2 is 1.57 bits per heavy atom. The van der Waals surface area contributed by atoms with Crippen LogP contribution in [0, 0.1) is 14.9 Å². The van der Waals surface area contributed by atoms with Crippen LogP contribution in [-0.2, 0) is 26.6 Å². The van der Waals surface area contributed by atoms with Crippen molar-refractivity contribution in [2.24, 2.45) is 4.99 Å². The fourth-order valence-corrected chi connectivity index (χ4v) is 1.33. The van der Waals surface area contributed by atoms with Gasteiger partial charge >= 0.3 is 26.6 Å². The molecule has 0 aliphatic rings. The fraction of sp³-hybridized carbons (Fsp3) is 0.0667. The van der Waals surface area contributed by atoms with E-state index in [1.807, 2.05) is 0 Å². The summed E-state index contributed by atoms with van der Waals surface area (Å²) in [6.45, 7) is 0. The number of hydrogen-bond acceptors (Lipinski definition) is 2. The van der Waals surface area contributed by atoms with Crippen molar-refractivity contribution in [3.05, 3.63) is 74.8 Å². The summed E-state index contributed by atoms with van der Waals surface area (Å²) in [5.74, 6) is 0. The van der Waals surface area contributed by atoms with Crippen LogP contribution in [0.3, 0.4) is 0 Å². The molecule has 0 spiro atoms. The number of alkyl halides is 3. The number of benzene rings is 1. The Kier molecular flexibility index (Phi) is 9.78. The third-order valence-corrected chi connectivity index (χ3v) is 2.23. The van der Waals surface area contributed by atoms with E-state index in [-0.39, 0.29) is 35.3 Å². The molecular formula is C15H15F3N2Pd. The van der Waals surface area contributed by atoms with Crippen molar-refractivity contribution in [3.8, 4) is 0 Å². The molecule has 0 radical (unpaired) electrons. The van der Waals surface area contributed by atoms with Crippen molar-refractivity contribution in [3.63, 3.8) is 0 Å². The van der Waals surface area contributed by atoms with Crippen molar-refractivity contribution in [1.82, 2.24) is 4.98 Å². The zero-order valence-corrected chi connectivity index (χ0v) is 13.1. The van der Waals surface area contributed by atoms with Crippen LogP contribution in [0.4, 0.5) is 18.9 Å². The number of hydrogen-bond donors (Lipinski definition) is 0. The van der Waals surface area contributed by atoms with E-state index in [9.17, 15) is 13.2 Å². The molecule has 2 nitrogen and oxygen atoms in total. The van der Waals surface area contributed by atoms with Crippen LogP contribution in [0.1, 0.15) is 11.3 Å². The van der Waals surface area contributed by atoms with Gasteiger partial charge in [-0.05, 0) is 36.4 Å². The maximum Gasteiger partial charge on any atom is 2.00 e. The molecule has 6 heteroatoms. The van der Waals surface area contributed by atoms with Gasteiger partial charge in [-0.1, -0.05) is 6.07 Å². The molecular weight excluding hydrogens is 372 g/mol. The number of nitrogens with zero attached hydrogens (tertiary/aromatic N) is 2. The van der Waals surface area contributed by atoms with Gasteiger partial charge in [0.1, 0.15) is 0 Å². The summed E-state index contributed by atoms with van der Waals surface area (Å²) < 4.78 is 37.0. The molecule has 0 N–H and O–H groups in total. The van der Waals surface area contributed by atoms with Gasteiger partial charge in [0.15, 0.2) is 0 Å². The first-order valence-electron chi connectivity index (χ1n) is 5.18. The van der Waals surface area contributed by atoms with E-state index in [0.29, 0.717) is 11.4 Å². The largest absolute Gasteiger partial charge is 2.00 e. The number of halogens is 3. The maximum atomic E-state index is 12.3. The van der Waals surface area contributed by atoms with Crippen molar-refractivity contribution in [2.45, 2.75) is 6.18 Å². The van der Waals surface area contributed by atoms with Crippen LogP contribution in [0.2, 0.25) is 0 Å². The van der Waals surface area contributed by atoms with Gasteiger partial charge in [-0.2, -0.15) is 13.2 Å². The predicted octanol–water partition coefficient (Wildman–Crippen LogP) is 4.75. The number of aliphatic imine (C=N–C) groups is 1. The molecule has 0 aliphatic heterocycles. The van der Waals surface area contributed by atoms with Crippen LogP contribution < -0.4 is 0 Å². The van der Waals surface area contributed by atoms with Crippen LogP contribution in [-0.4, -0.2) is 11.2 Å². The normalized spacial score (nSPS) is 10.2. The molecule has 116 valence electrons. The Morgan fingerprint density at radius 1 is 0.952 bits per heavy atom. The fourth-order valence-electron chi connectivity index (χ4n) is 1.33. The van der Waals surface area contributed by atoms with Crippen LogP contribution >= 0.6 is 0 Å². The summed E-state index contributed by atoms with van der Waals surface area (Å²) >= 11 is 0. The summed E-state index contributed by atoms with van der Waals surface area (Å²) in [5.41, 5.74) is 0.422. The minimum Gasteiger partial charge on any atom is -0.358 e. The van der Waals surface area contributed by atoms with Crippen LogP contribution in [0.25, 0.3) is 0 Å². The Labute approximate surface area is 136 Å². The summed E-state index contributed by atoms with van der Waals surface area (Å²) in [6.07, 6.45) is -1.19. The third-order valence-electron chi connectivity index (χ3n) is 2.23. The molecule has 21 heavy (non-hydrogen) atoms. The zero-order chi connectivity index (χ0) is 13.0. The SMILES string of the molecule is FC(F)(F)c1ccc(N=Cc2ccccn2)cc1.[CH3-].[CH3-].[Pd+2]. The van der Waals surface area contributed by atoms with Crippen molar-refractivity contribution in [1.29, 1.82) is 0 Å². The number of rotatable bonds is 2. The van der Waals surface area contributed by atoms with Gasteiger partial charge in [0.25, 0.3) is 0 Å². The Hall–Kier alpha value is -1.51. The molecule has 0 amide bonds. The molecule has 1 heterocycles. The number of aromatic nitrogens is 1. The van der Waals surface area contributed by atoms with E-state index in [0.717, 1.165) is 12.1 Å². The van der Waals surface area contributed by atoms with Gasteiger partial charge in [0, 0.05) is 6.20 Å². The van der Waals surface area contributed by atoms with E-state index in [2.05, 4.69) is 9.98 Å². The maximum absolute atomic E-state index is 12.3. The monoisotopic (exact) mass is 386 g/mol. The molecule has 0 saturated carbocycles. The van der Waals surface area contributed by atoms with Crippen LogP contribution in [0.15, 0.2) is 53.7 Å². The van der Waals surface area contributed by atoms with Crippen molar-refractivity contribution in [2.75, 3.05) is 0 Å². The molecule has 0 fully saturated rings. The van der Waals surface area contributed by atoms with E-state index >= 15 is 0 Å². The Balaban J connectivity index is 0. The van der Waals surface area contributed by atoms with E-state index in [1.165, 1.54) is 18.3 Å². The minimum atomic E-state index is -4.32. The molecule has 0 saturated heterocycles. The van der Waals surface area contributed by atoms with Gasteiger partial charge in [0.2, 0.25) is 0 Å². The summed E-state index contributed by atoms with van der Waals surface area (Å²) in [7, 11) is 0. The molecule has 0 aliphatic carbocycles. The Bertz CT molecular complexity index is 537. The van der Waals surface area contributed by atoms with Gasteiger partial charge in [0.05, 0.1) is 23.2 Å². The molecule has 0 unspecified atom stereocenters. The average molecular weight is 387 g/mol. The third kappa shape index (κ3) is 6.65. The summed E-state index contributed by atoms with van der Waals surface area (Å²) in [5, 5.41) is 0. The molecule has 1 aromatic carbocycles. The molecule has 0 atom stereocenters. The van der Waals surface area contributed by atoms with Gasteiger partial charge < -0.3 is 14.9 Å². The second-order valence-corrected chi connectivity index (χ2v) is 3.56. The van der Waals surface area contributed by atoms with Gasteiger partial charge in [-0.25, -0.2) is 0 Å². The molecule has 2 rings (SSSR count). The molecule has 1 aromatic heterocycles. The van der Waals surface area contributed by atoms with Gasteiger partial charge in [-0.15, -0.1) is 0 Å². The first-order valence-corrected chi connectivity index (χ1v) is 5.18. The van der Waals surface area contributed by atoms with Crippen molar-refractivity contribution < 1.29 is 33.6 Å². The zero-order valence-electron chi connectivity index (χ0n) is 11.5. The van der Waals surface area contributed by atoms with Crippen LogP contribution in [0.5, 0.6) is 0 Å². The summed E-state index contributed by atoms with van der Waals surface area (Å²) in [6, 6.07) is 9.99. The minimum absolute atomic E-state index is 0. The summed E-state index contributed by atoms with van der Waals surface area (Å²) in [4.78, 5) is 8.07. The predicted molar refractivity (Wildman–Crippen MR) is 75.8 cm³/mol. The Morgan fingerprint density at radius 3 is 2.05 bits per heavy atom. The van der Waals surface area contributed by atoms with Gasteiger partial charge in [-0.3, -0.25) is 9.98 Å². The van der Waals surface area contributed by atoms with E-state index in [4.69, 9.17) is 0 Å². The second kappa shape index (κ2) is 9.43.